The fourth-order valence-corrected chi connectivity index (χ4v) is 2.69. The molecule has 4 nitrogen and oxygen atoms in total. The third-order valence-electron chi connectivity index (χ3n) is 3.80. The number of ether oxygens (including phenoxy) is 2. The van der Waals surface area contributed by atoms with Gasteiger partial charge in [0.25, 0.3) is 0 Å². The van der Waals surface area contributed by atoms with Crippen LogP contribution in [0.25, 0.3) is 11.1 Å². The van der Waals surface area contributed by atoms with Crippen molar-refractivity contribution in [1.82, 2.24) is 4.90 Å². The van der Waals surface area contributed by atoms with E-state index in [1.54, 1.807) is 4.90 Å². The summed E-state index contributed by atoms with van der Waals surface area (Å²) in [6, 6.07) is 16.3. The van der Waals surface area contributed by atoms with Gasteiger partial charge in [0.05, 0.1) is 13.1 Å². The molecule has 0 fully saturated rings. The molecule has 0 radical (unpaired) electrons. The SMILES string of the molecule is CC(C)(C)OC(=O)N1CCOc2ccc(-c3ccccc3)cc2C1. The van der Waals surface area contributed by atoms with Crippen LogP contribution in [-0.2, 0) is 11.3 Å². The summed E-state index contributed by atoms with van der Waals surface area (Å²) < 4.78 is 11.3. The van der Waals surface area contributed by atoms with Crippen molar-refractivity contribution in [2.24, 2.45) is 0 Å². The Hall–Kier alpha value is -2.49. The lowest BCUT2D eigenvalue weighted by atomic mass is 10.0. The van der Waals surface area contributed by atoms with Gasteiger partial charge in [0.1, 0.15) is 18.0 Å². The van der Waals surface area contributed by atoms with E-state index in [1.165, 1.54) is 0 Å². The van der Waals surface area contributed by atoms with E-state index >= 15 is 0 Å². The second-order valence-electron chi connectivity index (χ2n) is 6.94. The van der Waals surface area contributed by atoms with E-state index in [4.69, 9.17) is 9.47 Å². The van der Waals surface area contributed by atoms with Crippen molar-refractivity contribution in [1.29, 1.82) is 0 Å². The number of nitrogens with zero attached hydrogens (tertiary/aromatic N) is 1. The number of fused-ring (bicyclic) bond motifs is 1. The van der Waals surface area contributed by atoms with Gasteiger partial charge >= 0.3 is 6.09 Å². The minimum absolute atomic E-state index is 0.302. The third-order valence-corrected chi connectivity index (χ3v) is 3.80. The predicted molar refractivity (Wildman–Crippen MR) is 94.0 cm³/mol. The fraction of sp³-hybridized carbons (Fsp3) is 0.350. The lowest BCUT2D eigenvalue weighted by Gasteiger charge is -2.26. The Kier molecular flexibility index (Phi) is 4.47. The second kappa shape index (κ2) is 6.56. The maximum atomic E-state index is 12.4. The highest BCUT2D eigenvalue weighted by molar-refractivity contribution is 5.69. The molecule has 0 aliphatic carbocycles. The van der Waals surface area contributed by atoms with E-state index < -0.39 is 5.60 Å². The molecular formula is C20H23NO3. The normalized spacial score (nSPS) is 14.4. The van der Waals surface area contributed by atoms with Crippen LogP contribution in [0.4, 0.5) is 4.79 Å². The summed E-state index contributed by atoms with van der Waals surface area (Å²) in [7, 11) is 0. The van der Waals surface area contributed by atoms with Crippen molar-refractivity contribution in [2.45, 2.75) is 32.9 Å². The van der Waals surface area contributed by atoms with Gasteiger partial charge in [0.2, 0.25) is 0 Å². The molecule has 24 heavy (non-hydrogen) atoms. The van der Waals surface area contributed by atoms with Gasteiger partial charge in [-0.15, -0.1) is 0 Å². The number of rotatable bonds is 1. The molecule has 0 bridgehead atoms. The van der Waals surface area contributed by atoms with Gasteiger partial charge in [-0.3, -0.25) is 0 Å². The summed E-state index contributed by atoms with van der Waals surface area (Å²) in [4.78, 5) is 14.1. The van der Waals surface area contributed by atoms with E-state index in [9.17, 15) is 4.79 Å². The smallest absolute Gasteiger partial charge is 0.410 e. The largest absolute Gasteiger partial charge is 0.491 e. The Bertz CT molecular complexity index is 719. The molecule has 4 heteroatoms. The highest BCUT2D eigenvalue weighted by atomic mass is 16.6. The van der Waals surface area contributed by atoms with E-state index in [0.717, 1.165) is 22.4 Å². The fourth-order valence-electron chi connectivity index (χ4n) is 2.69. The molecule has 2 aromatic carbocycles. The Balaban J connectivity index is 1.85. The Morgan fingerprint density at radius 3 is 2.54 bits per heavy atom. The van der Waals surface area contributed by atoms with Crippen molar-refractivity contribution in [3.8, 4) is 16.9 Å². The van der Waals surface area contributed by atoms with Gasteiger partial charge < -0.3 is 14.4 Å². The first-order valence-corrected chi connectivity index (χ1v) is 8.21. The van der Waals surface area contributed by atoms with E-state index in [-0.39, 0.29) is 6.09 Å². The molecule has 0 spiro atoms. The molecule has 0 aromatic heterocycles. The first-order chi connectivity index (χ1) is 11.4. The van der Waals surface area contributed by atoms with Gasteiger partial charge in [0, 0.05) is 5.56 Å². The zero-order valence-electron chi connectivity index (χ0n) is 14.4. The molecule has 1 heterocycles. The number of hydrogen-bond donors (Lipinski definition) is 0. The lowest BCUT2D eigenvalue weighted by molar-refractivity contribution is 0.0225. The van der Waals surface area contributed by atoms with Gasteiger partial charge in [0.15, 0.2) is 0 Å². The van der Waals surface area contributed by atoms with E-state index in [0.29, 0.717) is 19.7 Å². The standard InChI is InChI=1S/C20H23NO3/c1-20(2,3)24-19(22)21-11-12-23-18-10-9-16(13-17(18)14-21)15-7-5-4-6-8-15/h4-10,13H,11-12,14H2,1-3H3. The van der Waals surface area contributed by atoms with Crippen molar-refractivity contribution in [2.75, 3.05) is 13.2 Å². The van der Waals surface area contributed by atoms with Crippen LogP contribution >= 0.6 is 0 Å². The molecule has 0 unspecified atom stereocenters. The molecule has 1 aliphatic heterocycles. The quantitative estimate of drug-likeness (QED) is 0.776. The summed E-state index contributed by atoms with van der Waals surface area (Å²) in [6.45, 7) is 7.11. The topological polar surface area (TPSA) is 38.8 Å². The summed E-state index contributed by atoms with van der Waals surface area (Å²) in [5, 5.41) is 0. The van der Waals surface area contributed by atoms with Gasteiger partial charge in [-0.05, 0) is 44.0 Å². The lowest BCUT2D eigenvalue weighted by Crippen LogP contribution is -2.37. The van der Waals surface area contributed by atoms with Crippen molar-refractivity contribution >= 4 is 6.09 Å². The van der Waals surface area contributed by atoms with Crippen LogP contribution in [0.15, 0.2) is 48.5 Å². The predicted octanol–water partition coefficient (Wildman–Crippen LogP) is 4.48. The van der Waals surface area contributed by atoms with Crippen molar-refractivity contribution in [3.05, 3.63) is 54.1 Å². The first kappa shape index (κ1) is 16.4. The molecule has 1 amide bonds. The average molecular weight is 325 g/mol. The number of benzene rings is 2. The Labute approximate surface area is 143 Å². The average Bonchev–Trinajstić information content (AvgIpc) is 2.75. The van der Waals surface area contributed by atoms with Crippen LogP contribution in [0.3, 0.4) is 0 Å². The summed E-state index contributed by atoms with van der Waals surface area (Å²) in [5.41, 5.74) is 2.76. The van der Waals surface area contributed by atoms with E-state index in [2.05, 4.69) is 24.3 Å². The summed E-state index contributed by atoms with van der Waals surface area (Å²) >= 11 is 0. The minimum atomic E-state index is -0.501. The third kappa shape index (κ3) is 3.88. The molecule has 1 aliphatic rings. The van der Waals surface area contributed by atoms with Gasteiger partial charge in [-0.2, -0.15) is 0 Å². The number of amides is 1. The van der Waals surface area contributed by atoms with Crippen LogP contribution in [-0.4, -0.2) is 29.7 Å². The summed E-state index contributed by atoms with van der Waals surface area (Å²) in [6.07, 6.45) is -0.302. The molecular weight excluding hydrogens is 302 g/mol. The molecule has 0 atom stereocenters. The molecule has 126 valence electrons. The van der Waals surface area contributed by atoms with Gasteiger partial charge in [-0.25, -0.2) is 4.79 Å². The molecule has 0 N–H and O–H groups in total. The zero-order valence-corrected chi connectivity index (χ0v) is 14.4. The second-order valence-corrected chi connectivity index (χ2v) is 6.94. The molecule has 2 aromatic rings. The van der Waals surface area contributed by atoms with Crippen LogP contribution < -0.4 is 4.74 Å². The van der Waals surface area contributed by atoms with Crippen molar-refractivity contribution < 1.29 is 14.3 Å². The first-order valence-electron chi connectivity index (χ1n) is 8.21. The van der Waals surface area contributed by atoms with E-state index in [1.807, 2.05) is 45.0 Å². The minimum Gasteiger partial charge on any atom is -0.491 e. The molecule has 3 rings (SSSR count). The highest BCUT2D eigenvalue weighted by Crippen LogP contribution is 2.29. The number of carbonyl (C=O) groups is 1. The Morgan fingerprint density at radius 2 is 1.83 bits per heavy atom. The number of hydrogen-bond acceptors (Lipinski definition) is 3. The van der Waals surface area contributed by atoms with Crippen LogP contribution in [0, 0.1) is 0 Å². The van der Waals surface area contributed by atoms with Crippen molar-refractivity contribution in [3.63, 3.8) is 0 Å². The maximum absolute atomic E-state index is 12.4. The monoisotopic (exact) mass is 325 g/mol. The van der Waals surface area contributed by atoms with Crippen LogP contribution in [0.5, 0.6) is 5.75 Å². The van der Waals surface area contributed by atoms with Gasteiger partial charge in [-0.1, -0.05) is 36.4 Å². The van der Waals surface area contributed by atoms with Crippen LogP contribution in [0.2, 0.25) is 0 Å². The van der Waals surface area contributed by atoms with Crippen LogP contribution in [0.1, 0.15) is 26.3 Å². The summed E-state index contributed by atoms with van der Waals surface area (Å²) in [5.74, 6) is 0.834. The highest BCUT2D eigenvalue weighted by Gasteiger charge is 2.25. The Morgan fingerprint density at radius 1 is 1.08 bits per heavy atom. The molecule has 0 saturated heterocycles. The number of carbonyl (C=O) groups excluding carboxylic acids is 1. The maximum Gasteiger partial charge on any atom is 0.410 e. The zero-order chi connectivity index (χ0) is 17.2. The molecule has 0 saturated carbocycles.